The molecular formula is C15H27NO2. The van der Waals surface area contributed by atoms with Crippen LogP contribution in [0.1, 0.15) is 64.7 Å². The highest BCUT2D eigenvalue weighted by Gasteiger charge is 2.41. The number of carbonyl (C=O) groups is 1. The van der Waals surface area contributed by atoms with Gasteiger partial charge in [-0.1, -0.05) is 32.6 Å². The highest BCUT2D eigenvalue weighted by atomic mass is 16.3. The molecule has 0 atom stereocenters. The molecule has 0 bridgehead atoms. The average molecular weight is 253 g/mol. The van der Waals surface area contributed by atoms with E-state index in [1.165, 1.54) is 25.7 Å². The highest BCUT2D eigenvalue weighted by Crippen LogP contribution is 2.42. The maximum Gasteiger partial charge on any atom is 0.226 e. The lowest BCUT2D eigenvalue weighted by Crippen LogP contribution is -2.44. The van der Waals surface area contributed by atoms with E-state index in [9.17, 15) is 9.90 Å². The summed E-state index contributed by atoms with van der Waals surface area (Å²) < 4.78 is 0. The smallest absolute Gasteiger partial charge is 0.226 e. The summed E-state index contributed by atoms with van der Waals surface area (Å²) in [5, 5.41) is 12.7. The molecule has 2 saturated carbocycles. The van der Waals surface area contributed by atoms with Gasteiger partial charge in [-0.05, 0) is 32.1 Å². The number of amides is 1. The van der Waals surface area contributed by atoms with Crippen LogP contribution in [0.15, 0.2) is 0 Å². The number of aliphatic hydroxyl groups is 1. The van der Waals surface area contributed by atoms with Gasteiger partial charge in [0.15, 0.2) is 0 Å². The first kappa shape index (κ1) is 13.9. The van der Waals surface area contributed by atoms with Gasteiger partial charge in [0.1, 0.15) is 0 Å². The van der Waals surface area contributed by atoms with Crippen molar-refractivity contribution in [2.24, 2.45) is 10.8 Å². The summed E-state index contributed by atoms with van der Waals surface area (Å²) in [6, 6.07) is 0. The fourth-order valence-electron chi connectivity index (χ4n) is 3.76. The maximum absolute atomic E-state index is 12.4. The van der Waals surface area contributed by atoms with Crippen molar-refractivity contribution >= 4 is 5.91 Å². The largest absolute Gasteiger partial charge is 0.396 e. The molecule has 0 heterocycles. The van der Waals surface area contributed by atoms with Crippen LogP contribution in [-0.4, -0.2) is 24.2 Å². The van der Waals surface area contributed by atoms with E-state index < -0.39 is 0 Å². The Morgan fingerprint density at radius 1 is 1.11 bits per heavy atom. The number of nitrogens with one attached hydrogen (secondary N) is 1. The van der Waals surface area contributed by atoms with E-state index >= 15 is 0 Å². The summed E-state index contributed by atoms with van der Waals surface area (Å²) >= 11 is 0. The van der Waals surface area contributed by atoms with E-state index in [-0.39, 0.29) is 23.3 Å². The fraction of sp³-hybridized carbons (Fsp3) is 0.933. The van der Waals surface area contributed by atoms with Crippen LogP contribution in [0.4, 0.5) is 0 Å². The van der Waals surface area contributed by atoms with Crippen molar-refractivity contribution in [1.29, 1.82) is 0 Å². The van der Waals surface area contributed by atoms with Gasteiger partial charge >= 0.3 is 0 Å². The summed E-state index contributed by atoms with van der Waals surface area (Å²) in [5.41, 5.74) is -0.127. The summed E-state index contributed by atoms with van der Waals surface area (Å²) in [5.74, 6) is 0.238. The second kappa shape index (κ2) is 5.60. The summed E-state index contributed by atoms with van der Waals surface area (Å²) in [6.45, 7) is 3.01. The SMILES string of the molecule is CCC1(C(=O)NCC2(CO)CCCC2)CCCC1. The van der Waals surface area contributed by atoms with Crippen molar-refractivity contribution in [2.45, 2.75) is 64.7 Å². The zero-order chi connectivity index (χ0) is 13.1. The molecule has 0 aromatic heterocycles. The molecule has 104 valence electrons. The van der Waals surface area contributed by atoms with E-state index in [0.29, 0.717) is 6.54 Å². The van der Waals surface area contributed by atoms with E-state index in [1.807, 2.05) is 0 Å². The van der Waals surface area contributed by atoms with Crippen molar-refractivity contribution in [3.63, 3.8) is 0 Å². The molecule has 1 amide bonds. The van der Waals surface area contributed by atoms with E-state index in [4.69, 9.17) is 0 Å². The Hall–Kier alpha value is -0.570. The topological polar surface area (TPSA) is 49.3 Å². The molecule has 0 aromatic carbocycles. The van der Waals surface area contributed by atoms with Gasteiger partial charge in [-0.3, -0.25) is 4.79 Å². The van der Waals surface area contributed by atoms with E-state index in [1.54, 1.807) is 0 Å². The number of hydrogen-bond acceptors (Lipinski definition) is 2. The Balaban J connectivity index is 1.91. The Morgan fingerprint density at radius 3 is 2.17 bits per heavy atom. The van der Waals surface area contributed by atoms with Crippen LogP contribution in [0.3, 0.4) is 0 Å². The van der Waals surface area contributed by atoms with Gasteiger partial charge in [0.25, 0.3) is 0 Å². The number of rotatable bonds is 5. The standard InChI is InChI=1S/C15H27NO2/c1-2-15(9-5-6-10-15)13(18)16-11-14(12-17)7-3-4-8-14/h17H,2-12H2,1H3,(H,16,18). The van der Waals surface area contributed by atoms with Crippen molar-refractivity contribution in [3.8, 4) is 0 Å². The number of hydrogen-bond donors (Lipinski definition) is 2. The predicted molar refractivity (Wildman–Crippen MR) is 72.2 cm³/mol. The third kappa shape index (κ3) is 2.56. The lowest BCUT2D eigenvalue weighted by molar-refractivity contribution is -0.131. The Morgan fingerprint density at radius 2 is 1.67 bits per heavy atom. The number of aliphatic hydroxyl groups excluding tert-OH is 1. The zero-order valence-corrected chi connectivity index (χ0v) is 11.6. The first-order valence-electron chi connectivity index (χ1n) is 7.56. The van der Waals surface area contributed by atoms with Crippen LogP contribution in [0.2, 0.25) is 0 Å². The molecule has 2 fully saturated rings. The molecule has 3 nitrogen and oxygen atoms in total. The molecule has 3 heteroatoms. The van der Waals surface area contributed by atoms with Crippen LogP contribution in [0.5, 0.6) is 0 Å². The van der Waals surface area contributed by atoms with Crippen molar-refractivity contribution in [2.75, 3.05) is 13.2 Å². The van der Waals surface area contributed by atoms with E-state index in [2.05, 4.69) is 12.2 Å². The molecule has 2 rings (SSSR count). The molecular weight excluding hydrogens is 226 g/mol. The molecule has 0 aliphatic heterocycles. The van der Waals surface area contributed by atoms with E-state index in [0.717, 1.165) is 32.1 Å². The quantitative estimate of drug-likeness (QED) is 0.791. The second-order valence-electron chi connectivity index (χ2n) is 6.39. The summed E-state index contributed by atoms with van der Waals surface area (Å²) in [4.78, 5) is 12.4. The Kier molecular flexibility index (Phi) is 4.31. The zero-order valence-electron chi connectivity index (χ0n) is 11.6. The molecule has 18 heavy (non-hydrogen) atoms. The molecule has 0 saturated heterocycles. The highest BCUT2D eigenvalue weighted by molar-refractivity contribution is 5.82. The molecule has 0 radical (unpaired) electrons. The van der Waals surface area contributed by atoms with Crippen LogP contribution in [0.25, 0.3) is 0 Å². The summed E-state index contributed by atoms with van der Waals surface area (Å²) in [6.07, 6.45) is 9.91. The minimum atomic E-state index is -0.102. The predicted octanol–water partition coefficient (Wildman–Crippen LogP) is 2.63. The number of carbonyl (C=O) groups excluding carboxylic acids is 1. The molecule has 0 aromatic rings. The molecule has 2 aliphatic carbocycles. The minimum absolute atomic E-state index is 0.0246. The molecule has 0 spiro atoms. The van der Waals surface area contributed by atoms with Gasteiger partial charge in [0, 0.05) is 17.4 Å². The third-order valence-electron chi connectivity index (χ3n) is 5.34. The fourth-order valence-corrected chi connectivity index (χ4v) is 3.76. The molecule has 2 aliphatic rings. The van der Waals surface area contributed by atoms with Gasteiger partial charge in [-0.2, -0.15) is 0 Å². The van der Waals surface area contributed by atoms with Crippen LogP contribution >= 0.6 is 0 Å². The first-order valence-corrected chi connectivity index (χ1v) is 7.56. The minimum Gasteiger partial charge on any atom is -0.396 e. The molecule has 0 unspecified atom stereocenters. The van der Waals surface area contributed by atoms with Gasteiger partial charge in [-0.25, -0.2) is 0 Å². The van der Waals surface area contributed by atoms with Crippen molar-refractivity contribution in [1.82, 2.24) is 5.32 Å². The summed E-state index contributed by atoms with van der Waals surface area (Å²) in [7, 11) is 0. The Labute approximate surface area is 110 Å². The monoisotopic (exact) mass is 253 g/mol. The lowest BCUT2D eigenvalue weighted by Gasteiger charge is -2.31. The van der Waals surface area contributed by atoms with Gasteiger partial charge in [-0.15, -0.1) is 0 Å². The first-order chi connectivity index (χ1) is 8.66. The van der Waals surface area contributed by atoms with Crippen LogP contribution in [-0.2, 0) is 4.79 Å². The van der Waals surface area contributed by atoms with Gasteiger partial charge in [0.05, 0.1) is 6.61 Å². The van der Waals surface area contributed by atoms with Crippen molar-refractivity contribution < 1.29 is 9.90 Å². The maximum atomic E-state index is 12.4. The normalized spacial score (nSPS) is 25.2. The van der Waals surface area contributed by atoms with Crippen LogP contribution in [0, 0.1) is 10.8 Å². The van der Waals surface area contributed by atoms with Crippen LogP contribution < -0.4 is 5.32 Å². The average Bonchev–Trinajstić information content (AvgIpc) is 3.06. The second-order valence-corrected chi connectivity index (χ2v) is 6.39. The molecule has 2 N–H and O–H groups in total. The van der Waals surface area contributed by atoms with Gasteiger partial charge in [0.2, 0.25) is 5.91 Å². The van der Waals surface area contributed by atoms with Crippen molar-refractivity contribution in [3.05, 3.63) is 0 Å². The Bertz CT molecular complexity index is 289. The van der Waals surface area contributed by atoms with Gasteiger partial charge < -0.3 is 10.4 Å². The third-order valence-corrected chi connectivity index (χ3v) is 5.34. The lowest BCUT2D eigenvalue weighted by atomic mass is 9.81.